The topological polar surface area (TPSA) is 120 Å². The Morgan fingerprint density at radius 3 is 2.85 bits per heavy atom. The monoisotopic (exact) mass is 284 g/mol. The molecule has 1 aromatic heterocycles. The normalized spacial score (nSPS) is 21.9. The first kappa shape index (κ1) is 14.3. The lowest BCUT2D eigenvalue weighted by atomic mass is 9.99. The van der Waals surface area contributed by atoms with Gasteiger partial charge in [-0.1, -0.05) is 0 Å². The van der Waals surface area contributed by atoms with Crippen molar-refractivity contribution >= 4 is 17.5 Å². The average molecular weight is 284 g/mol. The van der Waals surface area contributed by atoms with E-state index in [1.54, 1.807) is 6.92 Å². The fourth-order valence-corrected chi connectivity index (χ4v) is 2.26. The first-order chi connectivity index (χ1) is 9.41. The van der Waals surface area contributed by atoms with Crippen LogP contribution in [-0.2, 0) is 16.1 Å². The molecule has 2 heterocycles. The van der Waals surface area contributed by atoms with Crippen LogP contribution in [0.2, 0.25) is 0 Å². The molecular formula is C11H16N4O5. The average Bonchev–Trinajstić information content (AvgIpc) is 2.95. The number of rotatable bonds is 5. The zero-order valence-corrected chi connectivity index (χ0v) is 11.3. The van der Waals surface area contributed by atoms with Crippen molar-refractivity contribution in [2.45, 2.75) is 32.4 Å². The Morgan fingerprint density at radius 1 is 1.70 bits per heavy atom. The molecule has 1 saturated heterocycles. The summed E-state index contributed by atoms with van der Waals surface area (Å²) in [5.74, 6) is -0.978. The van der Waals surface area contributed by atoms with Gasteiger partial charge in [-0.2, -0.15) is 5.10 Å². The van der Waals surface area contributed by atoms with Crippen molar-refractivity contribution in [2.75, 3.05) is 18.5 Å². The predicted molar refractivity (Wildman–Crippen MR) is 68.7 cm³/mol. The van der Waals surface area contributed by atoms with Gasteiger partial charge in [-0.3, -0.25) is 10.1 Å². The van der Waals surface area contributed by atoms with Crippen LogP contribution in [0.3, 0.4) is 0 Å². The van der Waals surface area contributed by atoms with Crippen molar-refractivity contribution in [3.63, 3.8) is 0 Å². The number of hydrogen-bond acceptors (Lipinski definition) is 6. The highest BCUT2D eigenvalue weighted by Crippen LogP contribution is 2.33. The van der Waals surface area contributed by atoms with Gasteiger partial charge in [0.15, 0.2) is 5.54 Å². The molecule has 0 saturated carbocycles. The van der Waals surface area contributed by atoms with Gasteiger partial charge in [0.25, 0.3) is 0 Å². The third-order valence-corrected chi connectivity index (χ3v) is 3.37. The van der Waals surface area contributed by atoms with E-state index in [-0.39, 0.29) is 30.2 Å². The van der Waals surface area contributed by atoms with E-state index in [1.807, 2.05) is 0 Å². The van der Waals surface area contributed by atoms with Crippen LogP contribution in [0, 0.1) is 17.0 Å². The van der Waals surface area contributed by atoms with Crippen molar-refractivity contribution in [2.24, 2.45) is 0 Å². The molecule has 2 rings (SSSR count). The molecule has 0 radical (unpaired) electrons. The maximum absolute atomic E-state index is 11.5. The summed E-state index contributed by atoms with van der Waals surface area (Å²) in [6, 6.07) is 0. The van der Waals surface area contributed by atoms with E-state index in [1.165, 1.54) is 11.6 Å². The van der Waals surface area contributed by atoms with Crippen molar-refractivity contribution in [1.82, 2.24) is 9.78 Å². The van der Waals surface area contributed by atoms with Gasteiger partial charge in [-0.05, 0) is 13.8 Å². The number of aryl methyl sites for hydroxylation is 2. The van der Waals surface area contributed by atoms with E-state index in [0.717, 1.165) is 0 Å². The molecule has 0 aliphatic carbocycles. The largest absolute Gasteiger partial charge is 0.479 e. The fraction of sp³-hybridized carbons (Fsp3) is 0.636. The Bertz CT molecular complexity index is 547. The van der Waals surface area contributed by atoms with Gasteiger partial charge in [0.05, 0.1) is 11.5 Å². The van der Waals surface area contributed by atoms with E-state index >= 15 is 0 Å². The van der Waals surface area contributed by atoms with Crippen LogP contribution in [0.1, 0.15) is 19.0 Å². The molecule has 0 spiro atoms. The Kier molecular flexibility index (Phi) is 3.62. The molecule has 1 atom stereocenters. The summed E-state index contributed by atoms with van der Waals surface area (Å²) < 4.78 is 6.53. The molecule has 1 fully saturated rings. The summed E-state index contributed by atoms with van der Waals surface area (Å²) >= 11 is 0. The molecule has 9 nitrogen and oxygen atoms in total. The number of aromatic nitrogens is 2. The number of anilines is 1. The highest BCUT2D eigenvalue weighted by atomic mass is 16.6. The molecule has 0 amide bonds. The fourth-order valence-electron chi connectivity index (χ4n) is 2.26. The summed E-state index contributed by atoms with van der Waals surface area (Å²) in [4.78, 5) is 22.1. The van der Waals surface area contributed by atoms with Crippen LogP contribution in [0.15, 0.2) is 0 Å². The summed E-state index contributed by atoms with van der Waals surface area (Å²) in [5.41, 5.74) is -1.29. The Hall–Kier alpha value is -2.16. The van der Waals surface area contributed by atoms with E-state index < -0.39 is 16.4 Å². The van der Waals surface area contributed by atoms with Gasteiger partial charge < -0.3 is 15.2 Å². The van der Waals surface area contributed by atoms with Gasteiger partial charge in [0.2, 0.25) is 5.82 Å². The number of carboxylic acid groups (broad SMARTS) is 1. The molecule has 0 bridgehead atoms. The quantitative estimate of drug-likeness (QED) is 0.605. The molecule has 20 heavy (non-hydrogen) atoms. The van der Waals surface area contributed by atoms with E-state index in [2.05, 4.69) is 10.4 Å². The minimum atomic E-state index is -1.34. The van der Waals surface area contributed by atoms with Crippen molar-refractivity contribution in [3.05, 3.63) is 15.8 Å². The van der Waals surface area contributed by atoms with Crippen molar-refractivity contribution in [3.8, 4) is 0 Å². The predicted octanol–water partition coefficient (Wildman–Crippen LogP) is 0.775. The van der Waals surface area contributed by atoms with Crippen LogP contribution in [-0.4, -0.2) is 44.5 Å². The minimum Gasteiger partial charge on any atom is -0.479 e. The van der Waals surface area contributed by atoms with Crippen LogP contribution in [0.25, 0.3) is 0 Å². The first-order valence-electron chi connectivity index (χ1n) is 6.22. The molecule has 110 valence electrons. The third kappa shape index (κ3) is 2.20. The number of carboxylic acids is 1. The number of aliphatic carboxylic acids is 1. The van der Waals surface area contributed by atoms with Crippen LogP contribution in [0.4, 0.5) is 11.5 Å². The molecule has 1 unspecified atom stereocenters. The first-order valence-corrected chi connectivity index (χ1v) is 6.22. The Labute approximate surface area is 114 Å². The van der Waals surface area contributed by atoms with Crippen LogP contribution >= 0.6 is 0 Å². The highest BCUT2D eigenvalue weighted by Gasteiger charge is 2.45. The SMILES string of the molecule is CCn1nc(C)c([N+](=O)[O-])c1NC1(C(=O)O)CCOC1. The van der Waals surface area contributed by atoms with Crippen molar-refractivity contribution in [1.29, 1.82) is 0 Å². The second-order valence-corrected chi connectivity index (χ2v) is 4.67. The molecule has 1 aromatic rings. The number of nitrogens with zero attached hydrogens (tertiary/aromatic N) is 3. The molecular weight excluding hydrogens is 268 g/mol. The number of carbonyl (C=O) groups is 1. The lowest BCUT2D eigenvalue weighted by Crippen LogP contribution is -2.47. The standard InChI is InChI=1S/C11H16N4O5/c1-3-14-9(8(15(18)19)7(2)13-14)12-11(10(16)17)4-5-20-6-11/h12H,3-6H2,1-2H3,(H,16,17). The van der Waals surface area contributed by atoms with Gasteiger partial charge in [-0.25, -0.2) is 9.48 Å². The zero-order valence-electron chi connectivity index (χ0n) is 11.3. The second-order valence-electron chi connectivity index (χ2n) is 4.67. The molecule has 2 N–H and O–H groups in total. The highest BCUT2D eigenvalue weighted by molar-refractivity contribution is 5.84. The van der Waals surface area contributed by atoms with E-state index in [9.17, 15) is 20.0 Å². The number of nitro groups is 1. The summed E-state index contributed by atoms with van der Waals surface area (Å²) in [6.07, 6.45) is 0.243. The molecule has 9 heteroatoms. The van der Waals surface area contributed by atoms with Crippen LogP contribution < -0.4 is 5.32 Å². The van der Waals surface area contributed by atoms with E-state index in [0.29, 0.717) is 13.2 Å². The molecule has 1 aliphatic rings. The maximum Gasteiger partial charge on any atom is 0.333 e. The smallest absolute Gasteiger partial charge is 0.333 e. The van der Waals surface area contributed by atoms with Gasteiger partial charge in [0.1, 0.15) is 5.69 Å². The third-order valence-electron chi connectivity index (χ3n) is 3.37. The second kappa shape index (κ2) is 5.08. The van der Waals surface area contributed by atoms with Crippen LogP contribution in [0.5, 0.6) is 0 Å². The minimum absolute atomic E-state index is 0.0343. The number of nitrogens with one attached hydrogen (secondary N) is 1. The Balaban J connectivity index is 2.46. The molecule has 0 aromatic carbocycles. The maximum atomic E-state index is 11.5. The summed E-state index contributed by atoms with van der Waals surface area (Å²) in [6.45, 7) is 3.96. The van der Waals surface area contributed by atoms with Crippen molar-refractivity contribution < 1.29 is 19.6 Å². The van der Waals surface area contributed by atoms with E-state index in [4.69, 9.17) is 4.74 Å². The number of hydrogen-bond donors (Lipinski definition) is 2. The lowest BCUT2D eigenvalue weighted by Gasteiger charge is -2.24. The van der Waals surface area contributed by atoms with Gasteiger partial charge in [0, 0.05) is 19.6 Å². The summed E-state index contributed by atoms with van der Waals surface area (Å²) in [7, 11) is 0. The number of ether oxygens (including phenoxy) is 1. The zero-order chi connectivity index (χ0) is 14.9. The van der Waals surface area contributed by atoms with Gasteiger partial charge in [-0.15, -0.1) is 0 Å². The van der Waals surface area contributed by atoms with Gasteiger partial charge >= 0.3 is 11.7 Å². The summed E-state index contributed by atoms with van der Waals surface area (Å²) in [5, 5.41) is 27.4. The Morgan fingerprint density at radius 2 is 2.40 bits per heavy atom. The lowest BCUT2D eigenvalue weighted by molar-refractivity contribution is -0.384. The molecule has 1 aliphatic heterocycles.